The van der Waals surface area contributed by atoms with Gasteiger partial charge in [-0.05, 0) is 31.0 Å². The zero-order valence-electron chi connectivity index (χ0n) is 9.53. The van der Waals surface area contributed by atoms with Gasteiger partial charge in [0.15, 0.2) is 0 Å². The number of hydrogen-bond donors (Lipinski definition) is 1. The third-order valence-electron chi connectivity index (χ3n) is 2.26. The first-order valence-electron chi connectivity index (χ1n) is 5.23. The number of hydrogen-bond acceptors (Lipinski definition) is 4. The first-order valence-corrected chi connectivity index (χ1v) is 6.11. The molecule has 15 heavy (non-hydrogen) atoms. The molecule has 0 saturated carbocycles. The van der Waals surface area contributed by atoms with Gasteiger partial charge in [0.25, 0.3) is 0 Å². The normalized spacial score (nSPS) is 11.2. The zero-order valence-corrected chi connectivity index (χ0v) is 10.3. The molecule has 1 aromatic rings. The third-order valence-corrected chi connectivity index (χ3v) is 3.27. The van der Waals surface area contributed by atoms with Gasteiger partial charge in [0.2, 0.25) is 0 Å². The molecule has 1 aromatic heterocycles. The highest BCUT2D eigenvalue weighted by molar-refractivity contribution is 7.10. The van der Waals surface area contributed by atoms with Crippen LogP contribution < -0.4 is 5.73 Å². The lowest BCUT2D eigenvalue weighted by Gasteiger charge is -2.16. The second-order valence-corrected chi connectivity index (χ2v) is 4.67. The van der Waals surface area contributed by atoms with Gasteiger partial charge in [-0.1, -0.05) is 0 Å². The van der Waals surface area contributed by atoms with Crippen molar-refractivity contribution in [2.24, 2.45) is 5.73 Å². The van der Waals surface area contributed by atoms with Crippen LogP contribution in [0.2, 0.25) is 0 Å². The molecule has 0 aliphatic heterocycles. The Morgan fingerprint density at radius 3 is 2.87 bits per heavy atom. The maximum atomic E-state index is 5.34. The van der Waals surface area contributed by atoms with Gasteiger partial charge in [-0.15, -0.1) is 11.3 Å². The number of rotatable bonds is 7. The molecule has 0 fully saturated rings. The Kier molecular flexibility index (Phi) is 5.86. The molecule has 1 rings (SSSR count). The summed E-state index contributed by atoms with van der Waals surface area (Å²) in [7, 11) is 2.12. The maximum absolute atomic E-state index is 5.34. The fourth-order valence-electron chi connectivity index (χ4n) is 1.30. The minimum Gasteiger partial charge on any atom is -0.379 e. The fraction of sp³-hybridized carbons (Fsp3) is 0.636. The lowest BCUT2D eigenvalue weighted by Crippen LogP contribution is -2.23. The summed E-state index contributed by atoms with van der Waals surface area (Å²) < 4.78 is 5.34. The molecule has 0 saturated heterocycles. The SMILES string of the molecule is Cc1ccsc1CN(C)CCOCCN. The topological polar surface area (TPSA) is 38.5 Å². The first-order chi connectivity index (χ1) is 7.24. The largest absolute Gasteiger partial charge is 0.379 e. The molecular weight excluding hydrogens is 208 g/mol. The van der Waals surface area contributed by atoms with Gasteiger partial charge in [-0.3, -0.25) is 4.90 Å². The number of thiophene rings is 1. The van der Waals surface area contributed by atoms with E-state index in [1.165, 1.54) is 10.4 Å². The first kappa shape index (κ1) is 12.6. The predicted molar refractivity (Wildman–Crippen MR) is 65.3 cm³/mol. The molecule has 3 nitrogen and oxygen atoms in total. The molecule has 0 aromatic carbocycles. The number of nitrogens with two attached hydrogens (primary N) is 1. The van der Waals surface area contributed by atoms with E-state index in [0.29, 0.717) is 13.2 Å². The van der Waals surface area contributed by atoms with Crippen molar-refractivity contribution >= 4 is 11.3 Å². The molecule has 0 amide bonds. The third kappa shape index (κ3) is 4.75. The molecule has 2 N–H and O–H groups in total. The van der Waals surface area contributed by atoms with Crippen LogP contribution in [0.4, 0.5) is 0 Å². The summed E-state index contributed by atoms with van der Waals surface area (Å²) in [6, 6.07) is 2.17. The highest BCUT2D eigenvalue weighted by atomic mass is 32.1. The van der Waals surface area contributed by atoms with E-state index in [1.807, 2.05) is 11.3 Å². The van der Waals surface area contributed by atoms with Crippen molar-refractivity contribution in [3.63, 3.8) is 0 Å². The van der Waals surface area contributed by atoms with Crippen LogP contribution in [0.5, 0.6) is 0 Å². The van der Waals surface area contributed by atoms with Gasteiger partial charge in [0.1, 0.15) is 0 Å². The summed E-state index contributed by atoms with van der Waals surface area (Å²) in [5, 5.41) is 2.14. The molecule has 0 bridgehead atoms. The van der Waals surface area contributed by atoms with E-state index in [0.717, 1.165) is 19.7 Å². The van der Waals surface area contributed by atoms with Crippen LogP contribution in [0.3, 0.4) is 0 Å². The summed E-state index contributed by atoms with van der Waals surface area (Å²) in [5.41, 5.74) is 6.72. The van der Waals surface area contributed by atoms with Crippen molar-refractivity contribution < 1.29 is 4.74 Å². The van der Waals surface area contributed by atoms with E-state index in [2.05, 4.69) is 30.3 Å². The van der Waals surface area contributed by atoms with Crippen LogP contribution in [-0.4, -0.2) is 38.3 Å². The Labute approximate surface area is 95.8 Å². The Hall–Kier alpha value is -0.420. The van der Waals surface area contributed by atoms with E-state index < -0.39 is 0 Å². The zero-order chi connectivity index (χ0) is 11.1. The maximum Gasteiger partial charge on any atom is 0.0594 e. The van der Waals surface area contributed by atoms with Gasteiger partial charge in [0, 0.05) is 24.5 Å². The monoisotopic (exact) mass is 228 g/mol. The van der Waals surface area contributed by atoms with Crippen LogP contribution in [-0.2, 0) is 11.3 Å². The Morgan fingerprint density at radius 2 is 2.27 bits per heavy atom. The van der Waals surface area contributed by atoms with Gasteiger partial charge in [-0.2, -0.15) is 0 Å². The van der Waals surface area contributed by atoms with E-state index >= 15 is 0 Å². The van der Waals surface area contributed by atoms with Crippen molar-refractivity contribution in [2.45, 2.75) is 13.5 Å². The van der Waals surface area contributed by atoms with E-state index in [1.54, 1.807) is 0 Å². The number of aryl methyl sites for hydroxylation is 1. The summed E-state index contributed by atoms with van der Waals surface area (Å²) in [4.78, 5) is 3.71. The van der Waals surface area contributed by atoms with Crippen molar-refractivity contribution in [1.82, 2.24) is 4.90 Å². The number of likely N-dealkylation sites (N-methyl/N-ethyl adjacent to an activating group) is 1. The predicted octanol–water partition coefficient (Wildman–Crippen LogP) is 1.46. The van der Waals surface area contributed by atoms with Gasteiger partial charge < -0.3 is 10.5 Å². The standard InChI is InChI=1S/C11H20N2OS/c1-10-3-8-15-11(10)9-13(2)5-7-14-6-4-12/h3,8H,4-7,9,12H2,1-2H3. The van der Waals surface area contributed by atoms with Crippen LogP contribution in [0, 0.1) is 6.92 Å². The van der Waals surface area contributed by atoms with Crippen LogP contribution >= 0.6 is 11.3 Å². The fourth-order valence-corrected chi connectivity index (χ4v) is 2.28. The quantitative estimate of drug-likeness (QED) is 0.718. The van der Waals surface area contributed by atoms with Crippen molar-refractivity contribution in [3.8, 4) is 0 Å². The van der Waals surface area contributed by atoms with Crippen LogP contribution in [0.15, 0.2) is 11.4 Å². The van der Waals surface area contributed by atoms with E-state index in [4.69, 9.17) is 10.5 Å². The van der Waals surface area contributed by atoms with Crippen LogP contribution in [0.1, 0.15) is 10.4 Å². The molecule has 0 radical (unpaired) electrons. The minimum atomic E-state index is 0.605. The Morgan fingerprint density at radius 1 is 1.47 bits per heavy atom. The molecule has 4 heteroatoms. The van der Waals surface area contributed by atoms with Crippen LogP contribution in [0.25, 0.3) is 0 Å². The summed E-state index contributed by atoms with van der Waals surface area (Å²) in [6.45, 7) is 6.15. The van der Waals surface area contributed by atoms with Crippen molar-refractivity contribution in [3.05, 3.63) is 21.9 Å². The average molecular weight is 228 g/mol. The molecule has 0 unspecified atom stereocenters. The summed E-state index contributed by atoms with van der Waals surface area (Å²) >= 11 is 1.82. The minimum absolute atomic E-state index is 0.605. The molecule has 0 spiro atoms. The van der Waals surface area contributed by atoms with Crippen molar-refractivity contribution in [2.75, 3.05) is 33.4 Å². The molecule has 86 valence electrons. The summed E-state index contributed by atoms with van der Waals surface area (Å²) in [6.07, 6.45) is 0. The Bertz CT molecular complexity index is 275. The highest BCUT2D eigenvalue weighted by Crippen LogP contribution is 2.16. The lowest BCUT2D eigenvalue weighted by atomic mass is 10.3. The average Bonchev–Trinajstić information content (AvgIpc) is 2.59. The number of nitrogens with zero attached hydrogens (tertiary/aromatic N) is 1. The molecular formula is C11H20N2OS. The van der Waals surface area contributed by atoms with E-state index in [-0.39, 0.29) is 0 Å². The molecule has 0 aliphatic rings. The number of ether oxygens (including phenoxy) is 1. The molecule has 1 heterocycles. The van der Waals surface area contributed by atoms with Crippen molar-refractivity contribution in [1.29, 1.82) is 0 Å². The second-order valence-electron chi connectivity index (χ2n) is 3.67. The lowest BCUT2D eigenvalue weighted by molar-refractivity contribution is 0.116. The van der Waals surface area contributed by atoms with Gasteiger partial charge >= 0.3 is 0 Å². The van der Waals surface area contributed by atoms with Gasteiger partial charge in [0.05, 0.1) is 13.2 Å². The van der Waals surface area contributed by atoms with Gasteiger partial charge in [-0.25, -0.2) is 0 Å². The smallest absolute Gasteiger partial charge is 0.0594 e. The van der Waals surface area contributed by atoms with E-state index in [9.17, 15) is 0 Å². The Balaban J connectivity index is 2.18. The molecule has 0 aliphatic carbocycles. The highest BCUT2D eigenvalue weighted by Gasteiger charge is 2.03. The molecule has 0 atom stereocenters. The summed E-state index contributed by atoms with van der Waals surface area (Å²) in [5.74, 6) is 0. The second kappa shape index (κ2) is 6.95.